The second-order valence-electron chi connectivity index (χ2n) is 6.18. The van der Waals surface area contributed by atoms with E-state index >= 15 is 0 Å². The Kier molecular flexibility index (Phi) is 3.34. The van der Waals surface area contributed by atoms with Gasteiger partial charge in [-0.15, -0.1) is 0 Å². The minimum atomic E-state index is -1.46. The maximum absolute atomic E-state index is 12.2. The predicted molar refractivity (Wildman–Crippen MR) is 89.7 cm³/mol. The highest BCUT2D eigenvalue weighted by atomic mass is 16.4. The number of fused-ring (bicyclic) bond motifs is 1. The molecule has 0 amide bonds. The molecule has 2 N–H and O–H groups in total. The number of aromatic nitrogens is 4. The van der Waals surface area contributed by atoms with Crippen molar-refractivity contribution in [1.29, 1.82) is 0 Å². The van der Waals surface area contributed by atoms with Crippen LogP contribution in [0.1, 0.15) is 35.8 Å². The third-order valence-electron chi connectivity index (χ3n) is 4.71. The molecule has 1 fully saturated rings. The van der Waals surface area contributed by atoms with Gasteiger partial charge in [-0.3, -0.25) is 9.36 Å². The van der Waals surface area contributed by atoms with E-state index < -0.39 is 23.0 Å². The normalized spacial score (nSPS) is 14.6. The van der Waals surface area contributed by atoms with Crippen LogP contribution in [0.5, 0.6) is 5.75 Å². The van der Waals surface area contributed by atoms with Gasteiger partial charge in [-0.05, 0) is 31.4 Å². The Balaban J connectivity index is 2.05. The molecule has 2 aromatic heterocycles. The van der Waals surface area contributed by atoms with Gasteiger partial charge in [0, 0.05) is 13.1 Å². The van der Waals surface area contributed by atoms with Crippen LogP contribution in [-0.2, 0) is 7.05 Å². The number of hydrogen-bond donors (Lipinski definition) is 2. The number of nitrogens with zero attached hydrogens (tertiary/aromatic N) is 4. The van der Waals surface area contributed by atoms with Crippen LogP contribution in [0.15, 0.2) is 29.1 Å². The topological polar surface area (TPSA) is 110 Å². The summed E-state index contributed by atoms with van der Waals surface area (Å²) in [5.74, 6) is -1.76. The molecule has 128 valence electrons. The summed E-state index contributed by atoms with van der Waals surface area (Å²) in [4.78, 5) is 32.2. The van der Waals surface area contributed by atoms with Crippen LogP contribution >= 0.6 is 0 Å². The lowest BCUT2D eigenvalue weighted by Crippen LogP contribution is -2.25. The third-order valence-corrected chi connectivity index (χ3v) is 4.71. The zero-order valence-electron chi connectivity index (χ0n) is 13.5. The SMILES string of the molecule is Cn1c(-c2nc3ccccc3n2C2CCC2)nc(C(=O)O)c(O)c1=O. The average Bonchev–Trinajstić information content (AvgIpc) is 2.90. The van der Waals surface area contributed by atoms with Crippen molar-refractivity contribution in [3.8, 4) is 17.4 Å². The molecule has 0 saturated heterocycles. The number of rotatable bonds is 3. The molecule has 0 atom stereocenters. The van der Waals surface area contributed by atoms with Gasteiger partial charge in [0.2, 0.25) is 5.75 Å². The molecule has 1 saturated carbocycles. The van der Waals surface area contributed by atoms with E-state index in [1.807, 2.05) is 28.8 Å². The van der Waals surface area contributed by atoms with Crippen molar-refractivity contribution in [3.63, 3.8) is 0 Å². The van der Waals surface area contributed by atoms with Gasteiger partial charge in [0.1, 0.15) is 0 Å². The van der Waals surface area contributed by atoms with E-state index in [2.05, 4.69) is 9.97 Å². The van der Waals surface area contributed by atoms with Crippen LogP contribution in [0, 0.1) is 0 Å². The minimum absolute atomic E-state index is 0.128. The van der Waals surface area contributed by atoms with Crippen LogP contribution in [0.4, 0.5) is 0 Å². The van der Waals surface area contributed by atoms with Crippen LogP contribution in [-0.4, -0.2) is 35.3 Å². The number of carbonyl (C=O) groups is 1. The summed E-state index contributed by atoms with van der Waals surface area (Å²) in [5.41, 5.74) is 0.199. The number of aromatic hydroxyl groups is 1. The molecule has 0 bridgehead atoms. The molecular formula is C17H16N4O4. The molecule has 0 aliphatic heterocycles. The van der Waals surface area contributed by atoms with Crippen LogP contribution < -0.4 is 5.56 Å². The molecule has 8 nitrogen and oxygen atoms in total. The quantitative estimate of drug-likeness (QED) is 0.754. The molecule has 1 aliphatic rings. The second kappa shape index (κ2) is 5.44. The highest BCUT2D eigenvalue weighted by molar-refractivity contribution is 5.89. The van der Waals surface area contributed by atoms with Crippen molar-refractivity contribution >= 4 is 17.0 Å². The Hall–Kier alpha value is -3.16. The van der Waals surface area contributed by atoms with Crippen molar-refractivity contribution in [3.05, 3.63) is 40.3 Å². The second-order valence-corrected chi connectivity index (χ2v) is 6.18. The highest BCUT2D eigenvalue weighted by Crippen LogP contribution is 2.38. The molecule has 8 heteroatoms. The van der Waals surface area contributed by atoms with Gasteiger partial charge in [0.15, 0.2) is 17.3 Å². The summed E-state index contributed by atoms with van der Waals surface area (Å²) in [7, 11) is 1.44. The number of hydrogen-bond acceptors (Lipinski definition) is 5. The summed E-state index contributed by atoms with van der Waals surface area (Å²) >= 11 is 0. The van der Waals surface area contributed by atoms with Gasteiger partial charge in [0.05, 0.1) is 11.0 Å². The Bertz CT molecular complexity index is 1060. The van der Waals surface area contributed by atoms with Crippen molar-refractivity contribution < 1.29 is 15.0 Å². The van der Waals surface area contributed by atoms with Crippen LogP contribution in [0.25, 0.3) is 22.7 Å². The first kappa shape index (κ1) is 15.4. The number of aromatic carboxylic acids is 1. The number of para-hydroxylation sites is 2. The summed E-state index contributed by atoms with van der Waals surface area (Å²) in [6.45, 7) is 0. The Morgan fingerprint density at radius 3 is 2.56 bits per heavy atom. The molecule has 4 rings (SSSR count). The number of benzene rings is 1. The summed E-state index contributed by atoms with van der Waals surface area (Å²) in [6.07, 6.45) is 3.09. The monoisotopic (exact) mass is 340 g/mol. The Morgan fingerprint density at radius 1 is 1.20 bits per heavy atom. The van der Waals surface area contributed by atoms with Gasteiger partial charge in [-0.1, -0.05) is 12.1 Å². The third kappa shape index (κ3) is 2.21. The summed E-state index contributed by atoms with van der Waals surface area (Å²) in [6, 6.07) is 7.83. The van der Waals surface area contributed by atoms with Crippen LogP contribution in [0.2, 0.25) is 0 Å². The largest absolute Gasteiger partial charge is 0.501 e. The fraction of sp³-hybridized carbons (Fsp3) is 0.294. The lowest BCUT2D eigenvalue weighted by atomic mass is 9.92. The maximum Gasteiger partial charge on any atom is 0.358 e. The molecule has 0 unspecified atom stereocenters. The molecule has 1 aliphatic carbocycles. The van der Waals surface area contributed by atoms with E-state index in [1.165, 1.54) is 7.05 Å². The van der Waals surface area contributed by atoms with Gasteiger partial charge in [0.25, 0.3) is 5.56 Å². The van der Waals surface area contributed by atoms with Crippen LogP contribution in [0.3, 0.4) is 0 Å². The molecule has 1 aromatic carbocycles. The van der Waals surface area contributed by atoms with Gasteiger partial charge >= 0.3 is 5.97 Å². The standard InChI is InChI=1S/C17H16N4O4/c1-20-14(19-12(17(24)25)13(22)16(20)23)15-18-10-7-2-3-8-11(10)21(15)9-5-4-6-9/h2-3,7-9,22H,4-6H2,1H3,(H,24,25). The van der Waals surface area contributed by atoms with E-state index in [-0.39, 0.29) is 11.9 Å². The number of carboxylic acids is 1. The molecular weight excluding hydrogens is 324 g/mol. The molecule has 2 heterocycles. The van der Waals surface area contributed by atoms with Gasteiger partial charge < -0.3 is 14.8 Å². The number of carboxylic acid groups (broad SMARTS) is 1. The van der Waals surface area contributed by atoms with E-state index in [0.29, 0.717) is 5.82 Å². The zero-order chi connectivity index (χ0) is 17.7. The smallest absolute Gasteiger partial charge is 0.358 e. The van der Waals surface area contributed by atoms with Crippen molar-refractivity contribution in [2.24, 2.45) is 7.05 Å². The highest BCUT2D eigenvalue weighted by Gasteiger charge is 2.28. The number of imidazole rings is 1. The van der Waals surface area contributed by atoms with E-state index in [9.17, 15) is 19.8 Å². The first-order valence-electron chi connectivity index (χ1n) is 7.99. The van der Waals surface area contributed by atoms with Gasteiger partial charge in [-0.2, -0.15) is 0 Å². The van der Waals surface area contributed by atoms with E-state index in [4.69, 9.17) is 0 Å². The average molecular weight is 340 g/mol. The molecule has 0 spiro atoms. The molecule has 3 aromatic rings. The van der Waals surface area contributed by atoms with Crippen molar-refractivity contribution in [2.75, 3.05) is 0 Å². The first-order chi connectivity index (χ1) is 12.0. The summed E-state index contributed by atoms with van der Waals surface area (Å²) in [5, 5.41) is 19.0. The lowest BCUT2D eigenvalue weighted by Gasteiger charge is -2.29. The molecule has 25 heavy (non-hydrogen) atoms. The Labute approximate surface area is 142 Å². The minimum Gasteiger partial charge on any atom is -0.501 e. The van der Waals surface area contributed by atoms with E-state index in [0.717, 1.165) is 34.9 Å². The van der Waals surface area contributed by atoms with Gasteiger partial charge in [-0.25, -0.2) is 14.8 Å². The summed E-state index contributed by atoms with van der Waals surface area (Å²) < 4.78 is 3.15. The maximum atomic E-state index is 12.2. The fourth-order valence-corrected chi connectivity index (χ4v) is 3.16. The fourth-order valence-electron chi connectivity index (χ4n) is 3.16. The first-order valence-corrected chi connectivity index (χ1v) is 7.99. The Morgan fingerprint density at radius 2 is 1.92 bits per heavy atom. The zero-order valence-corrected chi connectivity index (χ0v) is 13.5. The lowest BCUT2D eigenvalue weighted by molar-refractivity contribution is 0.0686. The van der Waals surface area contributed by atoms with Crippen molar-refractivity contribution in [1.82, 2.24) is 19.1 Å². The van der Waals surface area contributed by atoms with E-state index in [1.54, 1.807) is 0 Å². The van der Waals surface area contributed by atoms with Crippen molar-refractivity contribution in [2.45, 2.75) is 25.3 Å². The molecule has 0 radical (unpaired) electrons. The predicted octanol–water partition coefficient (Wildman–Crippen LogP) is 1.93.